The maximum Gasteiger partial charge on any atom is 0.0547 e. The molecular formula is C64H40N2S2. The summed E-state index contributed by atoms with van der Waals surface area (Å²) in [7, 11) is 0. The first-order chi connectivity index (χ1) is 33.7. The van der Waals surface area contributed by atoms with Gasteiger partial charge in [0.25, 0.3) is 0 Å². The van der Waals surface area contributed by atoms with Gasteiger partial charge in [-0.3, -0.25) is 0 Å². The predicted molar refractivity (Wildman–Crippen MR) is 293 cm³/mol. The van der Waals surface area contributed by atoms with Crippen LogP contribution >= 0.6 is 22.7 Å². The van der Waals surface area contributed by atoms with Gasteiger partial charge in [-0.15, -0.1) is 22.7 Å². The van der Waals surface area contributed by atoms with Crippen LogP contribution in [0.25, 0.3) is 129 Å². The highest BCUT2D eigenvalue weighted by molar-refractivity contribution is 7.25. The molecule has 4 heteroatoms. The number of benzene rings is 10. The van der Waals surface area contributed by atoms with E-state index in [1.807, 2.05) is 22.7 Å². The summed E-state index contributed by atoms with van der Waals surface area (Å²) >= 11 is 3.74. The Morgan fingerprint density at radius 3 is 1.04 bits per heavy atom. The van der Waals surface area contributed by atoms with Crippen LogP contribution < -0.4 is 0 Å². The van der Waals surface area contributed by atoms with Gasteiger partial charge in [-0.05, 0) is 152 Å². The van der Waals surface area contributed by atoms with Crippen LogP contribution in [0.3, 0.4) is 0 Å². The van der Waals surface area contributed by atoms with E-state index in [0.29, 0.717) is 0 Å². The van der Waals surface area contributed by atoms with E-state index >= 15 is 0 Å². The molecule has 318 valence electrons. The van der Waals surface area contributed by atoms with Crippen LogP contribution in [0.1, 0.15) is 0 Å². The SMILES string of the molecule is c1ccc(-n2c3ccccc3c3c(-c4ccc5cc(-c6ccc(-c7ccc(-c8ccc9cc(-c%10cccc%11c%10c%10ccccc%10n%11-c%10ccccc%10)ccc9c8)s7)s6)ccc5c4)cccc32)cc1. The molecular weight excluding hydrogens is 861 g/mol. The molecule has 0 saturated carbocycles. The maximum atomic E-state index is 2.39. The van der Waals surface area contributed by atoms with Crippen molar-refractivity contribution in [2.45, 2.75) is 0 Å². The summed E-state index contributed by atoms with van der Waals surface area (Å²) in [5, 5.41) is 10.1. The van der Waals surface area contributed by atoms with Crippen molar-refractivity contribution < 1.29 is 0 Å². The van der Waals surface area contributed by atoms with Gasteiger partial charge in [0.2, 0.25) is 0 Å². The predicted octanol–water partition coefficient (Wildman–Crippen LogP) is 18.6. The lowest BCUT2D eigenvalue weighted by Gasteiger charge is -2.10. The molecule has 0 unspecified atom stereocenters. The van der Waals surface area contributed by atoms with E-state index in [1.54, 1.807) is 0 Å². The van der Waals surface area contributed by atoms with Gasteiger partial charge in [-0.1, -0.05) is 146 Å². The van der Waals surface area contributed by atoms with Gasteiger partial charge in [-0.25, -0.2) is 0 Å². The lowest BCUT2D eigenvalue weighted by atomic mass is 9.96. The topological polar surface area (TPSA) is 9.86 Å². The zero-order valence-corrected chi connectivity index (χ0v) is 38.4. The van der Waals surface area contributed by atoms with Gasteiger partial charge in [0.15, 0.2) is 0 Å². The van der Waals surface area contributed by atoms with Gasteiger partial charge in [0.1, 0.15) is 0 Å². The smallest absolute Gasteiger partial charge is 0.0547 e. The van der Waals surface area contributed by atoms with Crippen LogP contribution in [0.15, 0.2) is 243 Å². The molecule has 4 heterocycles. The second kappa shape index (κ2) is 15.7. The monoisotopic (exact) mass is 900 g/mol. The van der Waals surface area contributed by atoms with E-state index in [-0.39, 0.29) is 0 Å². The Bertz CT molecular complexity index is 3980. The zero-order valence-electron chi connectivity index (χ0n) is 36.8. The standard InChI is InChI=1S/C64H40N2S2/c1-3-13-49(14-4-1)65-55-21-9-7-17-53(55)63-51(19-11-23-57(63)65)45-29-25-43-39-47(31-27-41(43)37-45)59-33-35-61(67-59)62-36-34-60(68-62)48-32-28-42-38-46(30-26-44(42)40-48)52-20-12-24-58-64(52)54-18-8-10-22-56(54)66(58)50-15-5-2-6-16-50/h1-40H. The van der Waals surface area contributed by atoms with Gasteiger partial charge in [-0.2, -0.15) is 0 Å². The highest BCUT2D eigenvalue weighted by Crippen LogP contribution is 2.44. The van der Waals surface area contributed by atoms with Crippen molar-refractivity contribution in [3.05, 3.63) is 243 Å². The molecule has 0 N–H and O–H groups in total. The lowest BCUT2D eigenvalue weighted by Crippen LogP contribution is -1.92. The summed E-state index contributed by atoms with van der Waals surface area (Å²) in [4.78, 5) is 5.15. The van der Waals surface area contributed by atoms with Gasteiger partial charge in [0, 0.05) is 52.4 Å². The fraction of sp³-hybridized carbons (Fsp3) is 0. The number of aromatic nitrogens is 2. The van der Waals surface area contributed by atoms with Gasteiger partial charge in [0.05, 0.1) is 22.1 Å². The number of hydrogen-bond acceptors (Lipinski definition) is 2. The van der Waals surface area contributed by atoms with Crippen molar-refractivity contribution in [2.75, 3.05) is 0 Å². The fourth-order valence-corrected chi connectivity index (χ4v) is 12.7. The molecule has 0 saturated heterocycles. The number of fused-ring (bicyclic) bond motifs is 8. The highest BCUT2D eigenvalue weighted by Gasteiger charge is 2.19. The van der Waals surface area contributed by atoms with Crippen LogP contribution in [0.4, 0.5) is 0 Å². The van der Waals surface area contributed by atoms with Crippen LogP contribution in [0.2, 0.25) is 0 Å². The third-order valence-corrected chi connectivity index (χ3v) is 16.2. The second-order valence-corrected chi connectivity index (χ2v) is 19.8. The molecule has 0 amide bonds. The number of thiophene rings is 2. The number of nitrogens with zero attached hydrogens (tertiary/aromatic N) is 2. The minimum Gasteiger partial charge on any atom is -0.309 e. The Morgan fingerprint density at radius 2 is 0.603 bits per heavy atom. The van der Waals surface area contributed by atoms with Crippen LogP contribution in [0, 0.1) is 0 Å². The molecule has 0 bridgehead atoms. The molecule has 0 aliphatic carbocycles. The first-order valence-corrected chi connectivity index (χ1v) is 24.8. The normalized spacial score (nSPS) is 11.8. The maximum absolute atomic E-state index is 2.39. The average molecular weight is 901 g/mol. The molecule has 0 fully saturated rings. The Balaban J connectivity index is 0.743. The molecule has 0 spiro atoms. The molecule has 0 aliphatic heterocycles. The molecule has 4 aromatic heterocycles. The Morgan fingerprint density at radius 1 is 0.250 bits per heavy atom. The van der Waals surface area contributed by atoms with E-state index in [9.17, 15) is 0 Å². The minimum absolute atomic E-state index is 1.17. The highest BCUT2D eigenvalue weighted by atomic mass is 32.1. The lowest BCUT2D eigenvalue weighted by molar-refractivity contribution is 1.18. The first kappa shape index (κ1) is 38.9. The van der Waals surface area contributed by atoms with Crippen molar-refractivity contribution in [3.63, 3.8) is 0 Å². The third-order valence-electron chi connectivity index (χ3n) is 13.8. The zero-order chi connectivity index (χ0) is 44.7. The van der Waals surface area contributed by atoms with Gasteiger partial charge < -0.3 is 9.13 Å². The first-order valence-electron chi connectivity index (χ1n) is 23.1. The average Bonchev–Trinajstić information content (AvgIpc) is 4.23. The summed E-state index contributed by atoms with van der Waals surface area (Å²) in [6.45, 7) is 0. The summed E-state index contributed by atoms with van der Waals surface area (Å²) in [5.41, 5.74) is 14.7. The summed E-state index contributed by atoms with van der Waals surface area (Å²) in [6, 6.07) is 89.2. The van der Waals surface area contributed by atoms with E-state index in [4.69, 9.17) is 0 Å². The second-order valence-electron chi connectivity index (χ2n) is 17.7. The fourth-order valence-electron chi connectivity index (χ4n) is 10.6. The summed E-state index contributed by atoms with van der Waals surface area (Å²) in [6.07, 6.45) is 0. The van der Waals surface area contributed by atoms with Crippen LogP contribution in [-0.2, 0) is 0 Å². The molecule has 14 rings (SSSR count). The van der Waals surface area contributed by atoms with E-state index in [2.05, 4.69) is 252 Å². The Kier molecular flexibility index (Phi) is 8.98. The van der Waals surface area contributed by atoms with Crippen LogP contribution in [0.5, 0.6) is 0 Å². The van der Waals surface area contributed by atoms with Crippen molar-refractivity contribution in [2.24, 2.45) is 0 Å². The van der Waals surface area contributed by atoms with E-state index in [1.165, 1.54) is 129 Å². The summed E-state index contributed by atoms with van der Waals surface area (Å²) < 4.78 is 4.78. The Hall–Kier alpha value is -8.28. The van der Waals surface area contributed by atoms with Crippen LogP contribution in [-0.4, -0.2) is 9.13 Å². The molecule has 14 aromatic rings. The number of hydrogen-bond donors (Lipinski definition) is 0. The molecule has 0 radical (unpaired) electrons. The molecule has 2 nitrogen and oxygen atoms in total. The molecule has 0 aliphatic rings. The Labute approximate surface area is 401 Å². The molecule has 68 heavy (non-hydrogen) atoms. The van der Waals surface area contributed by atoms with E-state index < -0.39 is 0 Å². The molecule has 0 atom stereocenters. The molecule has 10 aromatic carbocycles. The number of rotatable bonds is 7. The van der Waals surface area contributed by atoms with Crippen molar-refractivity contribution in [1.29, 1.82) is 0 Å². The van der Waals surface area contributed by atoms with Crippen molar-refractivity contribution in [3.8, 4) is 64.3 Å². The largest absolute Gasteiger partial charge is 0.309 e. The third kappa shape index (κ3) is 6.30. The van der Waals surface area contributed by atoms with Gasteiger partial charge >= 0.3 is 0 Å². The summed E-state index contributed by atoms with van der Waals surface area (Å²) in [5.74, 6) is 0. The minimum atomic E-state index is 1.17. The quantitative estimate of drug-likeness (QED) is 0.151. The number of para-hydroxylation sites is 4. The van der Waals surface area contributed by atoms with E-state index in [0.717, 1.165) is 0 Å². The van der Waals surface area contributed by atoms with Crippen molar-refractivity contribution in [1.82, 2.24) is 9.13 Å². The van der Waals surface area contributed by atoms with Crippen molar-refractivity contribution >= 4 is 87.8 Å².